The van der Waals surface area contributed by atoms with E-state index < -0.39 is 0 Å². The van der Waals surface area contributed by atoms with Gasteiger partial charge < -0.3 is 4.90 Å². The van der Waals surface area contributed by atoms with Gasteiger partial charge in [0, 0.05) is 31.6 Å². The first-order valence-corrected chi connectivity index (χ1v) is 9.84. The Hall–Kier alpha value is -1.35. The van der Waals surface area contributed by atoms with Crippen LogP contribution in [-0.4, -0.2) is 40.9 Å². The fourth-order valence-corrected chi connectivity index (χ4v) is 5.28. The van der Waals surface area contributed by atoms with Crippen molar-refractivity contribution in [3.05, 3.63) is 35.9 Å². The molecule has 4 rings (SSSR count). The van der Waals surface area contributed by atoms with Crippen molar-refractivity contribution in [2.24, 2.45) is 5.92 Å². The molecule has 3 aliphatic rings. The largest absolute Gasteiger partial charge is 0.331 e. The Kier molecular flexibility index (Phi) is 4.62. The van der Waals surface area contributed by atoms with Gasteiger partial charge in [0.25, 0.3) is 0 Å². The highest BCUT2D eigenvalue weighted by Crippen LogP contribution is 2.39. The van der Waals surface area contributed by atoms with Crippen molar-refractivity contribution < 1.29 is 4.79 Å². The molecule has 1 saturated carbocycles. The van der Waals surface area contributed by atoms with Gasteiger partial charge in [-0.1, -0.05) is 49.6 Å². The summed E-state index contributed by atoms with van der Waals surface area (Å²) in [5, 5.41) is 0. The van der Waals surface area contributed by atoms with E-state index in [2.05, 4.69) is 41.0 Å². The molecule has 2 heterocycles. The van der Waals surface area contributed by atoms with Gasteiger partial charge in [-0.15, -0.1) is 0 Å². The zero-order valence-corrected chi connectivity index (χ0v) is 14.9. The first kappa shape index (κ1) is 16.1. The standard InChI is InChI=1S/C21H30N2O/c1-16(18-10-6-3-7-11-18)23-19-12-13-22(20(19)14-21(23)24)15-17-8-4-2-5-9-17/h3,6-7,10-11,16-17,19-20H,2,4-5,8-9,12-15H2,1H3/t16-,19-,20-/m0/s1. The number of nitrogens with zero attached hydrogens (tertiary/aromatic N) is 2. The van der Waals surface area contributed by atoms with Crippen LogP contribution in [-0.2, 0) is 4.79 Å². The Morgan fingerprint density at radius 2 is 1.79 bits per heavy atom. The second-order valence-corrected chi connectivity index (χ2v) is 8.01. The zero-order chi connectivity index (χ0) is 16.5. The molecule has 0 spiro atoms. The van der Waals surface area contributed by atoms with E-state index in [0.29, 0.717) is 18.0 Å². The molecule has 1 aliphatic carbocycles. The van der Waals surface area contributed by atoms with Crippen LogP contribution in [0.5, 0.6) is 0 Å². The minimum atomic E-state index is 0.198. The van der Waals surface area contributed by atoms with E-state index in [1.165, 1.54) is 50.8 Å². The van der Waals surface area contributed by atoms with Crippen molar-refractivity contribution in [1.29, 1.82) is 0 Å². The molecule has 1 aromatic rings. The van der Waals surface area contributed by atoms with E-state index in [9.17, 15) is 4.79 Å². The highest BCUT2D eigenvalue weighted by atomic mass is 16.2. The van der Waals surface area contributed by atoms with Gasteiger partial charge in [0.1, 0.15) is 0 Å². The van der Waals surface area contributed by atoms with Gasteiger partial charge in [0.15, 0.2) is 0 Å². The lowest BCUT2D eigenvalue weighted by Gasteiger charge is -2.32. The summed E-state index contributed by atoms with van der Waals surface area (Å²) in [4.78, 5) is 17.6. The Balaban J connectivity index is 1.45. The number of benzene rings is 1. The van der Waals surface area contributed by atoms with Gasteiger partial charge in [0.2, 0.25) is 5.91 Å². The van der Waals surface area contributed by atoms with Crippen LogP contribution < -0.4 is 0 Å². The summed E-state index contributed by atoms with van der Waals surface area (Å²) in [5.74, 6) is 1.22. The zero-order valence-electron chi connectivity index (χ0n) is 14.9. The first-order chi connectivity index (χ1) is 11.7. The lowest BCUT2D eigenvalue weighted by atomic mass is 9.89. The molecule has 3 fully saturated rings. The number of fused-ring (bicyclic) bond motifs is 1. The van der Waals surface area contributed by atoms with Crippen molar-refractivity contribution in [1.82, 2.24) is 9.80 Å². The molecule has 3 nitrogen and oxygen atoms in total. The summed E-state index contributed by atoms with van der Waals surface area (Å²) in [5.41, 5.74) is 1.26. The molecular weight excluding hydrogens is 296 g/mol. The molecule has 0 radical (unpaired) electrons. The Morgan fingerprint density at radius 3 is 2.54 bits per heavy atom. The molecule has 0 bridgehead atoms. The van der Waals surface area contributed by atoms with Crippen molar-refractivity contribution >= 4 is 5.91 Å². The fourth-order valence-electron chi connectivity index (χ4n) is 5.28. The topological polar surface area (TPSA) is 23.6 Å². The lowest BCUT2D eigenvalue weighted by Crippen LogP contribution is -2.40. The van der Waals surface area contributed by atoms with E-state index in [1.54, 1.807) is 0 Å². The number of carbonyl (C=O) groups excluding carboxylic acids is 1. The van der Waals surface area contributed by atoms with Crippen molar-refractivity contribution in [2.45, 2.75) is 70.0 Å². The van der Waals surface area contributed by atoms with Crippen LogP contribution in [0.15, 0.2) is 30.3 Å². The van der Waals surface area contributed by atoms with Crippen molar-refractivity contribution in [3.63, 3.8) is 0 Å². The predicted molar refractivity (Wildman–Crippen MR) is 96.7 cm³/mol. The van der Waals surface area contributed by atoms with Gasteiger partial charge in [-0.3, -0.25) is 9.69 Å². The molecule has 3 atom stereocenters. The monoisotopic (exact) mass is 326 g/mol. The van der Waals surface area contributed by atoms with E-state index >= 15 is 0 Å². The van der Waals surface area contributed by atoms with Gasteiger partial charge in [-0.2, -0.15) is 0 Å². The minimum absolute atomic E-state index is 0.198. The van der Waals surface area contributed by atoms with Gasteiger partial charge in [-0.25, -0.2) is 0 Å². The predicted octanol–water partition coefficient (Wildman–Crippen LogP) is 4.00. The number of carbonyl (C=O) groups is 1. The molecule has 24 heavy (non-hydrogen) atoms. The molecule has 3 heteroatoms. The molecule has 2 aliphatic heterocycles. The lowest BCUT2D eigenvalue weighted by molar-refractivity contribution is -0.131. The third-order valence-corrected chi connectivity index (χ3v) is 6.57. The molecule has 0 aromatic heterocycles. The summed E-state index contributed by atoms with van der Waals surface area (Å²) < 4.78 is 0. The minimum Gasteiger partial charge on any atom is -0.331 e. The Morgan fingerprint density at radius 1 is 1.04 bits per heavy atom. The van der Waals surface area contributed by atoms with E-state index in [-0.39, 0.29) is 6.04 Å². The van der Waals surface area contributed by atoms with Gasteiger partial charge in [0.05, 0.1) is 6.04 Å². The third-order valence-electron chi connectivity index (χ3n) is 6.57. The molecular formula is C21H30N2O. The second-order valence-electron chi connectivity index (χ2n) is 8.01. The van der Waals surface area contributed by atoms with Gasteiger partial charge >= 0.3 is 0 Å². The summed E-state index contributed by atoms with van der Waals surface area (Å²) in [6, 6.07) is 11.6. The van der Waals surface area contributed by atoms with Gasteiger partial charge in [-0.05, 0) is 37.7 Å². The maximum Gasteiger partial charge on any atom is 0.225 e. The van der Waals surface area contributed by atoms with Crippen LogP contribution in [0.25, 0.3) is 0 Å². The highest BCUT2D eigenvalue weighted by Gasteiger charge is 2.48. The Bertz CT molecular complexity index is 566. The van der Waals surface area contributed by atoms with Crippen LogP contribution >= 0.6 is 0 Å². The van der Waals surface area contributed by atoms with E-state index in [4.69, 9.17) is 0 Å². The van der Waals surface area contributed by atoms with Crippen LogP contribution in [0.1, 0.15) is 63.5 Å². The molecule has 0 N–H and O–H groups in total. The summed E-state index contributed by atoms with van der Waals surface area (Å²) >= 11 is 0. The second kappa shape index (κ2) is 6.87. The molecule has 0 unspecified atom stereocenters. The smallest absolute Gasteiger partial charge is 0.225 e. The quantitative estimate of drug-likeness (QED) is 0.835. The van der Waals surface area contributed by atoms with Crippen LogP contribution in [0.4, 0.5) is 0 Å². The Labute approximate surface area is 146 Å². The maximum absolute atomic E-state index is 12.7. The van der Waals surface area contributed by atoms with Crippen molar-refractivity contribution in [3.8, 4) is 0 Å². The maximum atomic E-state index is 12.7. The molecule has 1 aromatic carbocycles. The van der Waals surface area contributed by atoms with Crippen LogP contribution in [0.3, 0.4) is 0 Å². The van der Waals surface area contributed by atoms with E-state index in [0.717, 1.165) is 18.8 Å². The average molecular weight is 326 g/mol. The fraction of sp³-hybridized carbons (Fsp3) is 0.667. The molecule has 2 saturated heterocycles. The third kappa shape index (κ3) is 2.99. The SMILES string of the molecule is C[C@@H](c1ccccc1)N1C(=O)C[C@H]2[C@@H]1CCN2CC1CCCCC1. The van der Waals surface area contributed by atoms with Crippen molar-refractivity contribution in [2.75, 3.05) is 13.1 Å². The number of hydrogen-bond acceptors (Lipinski definition) is 2. The summed E-state index contributed by atoms with van der Waals surface area (Å²) in [6.45, 7) is 4.60. The number of amides is 1. The normalized spacial score (nSPS) is 29.9. The number of rotatable bonds is 4. The summed E-state index contributed by atoms with van der Waals surface area (Å²) in [6.07, 6.45) is 8.90. The molecule has 130 valence electrons. The van der Waals surface area contributed by atoms with Crippen LogP contribution in [0.2, 0.25) is 0 Å². The first-order valence-electron chi connectivity index (χ1n) is 9.84. The number of likely N-dealkylation sites (tertiary alicyclic amines) is 2. The molecule has 1 amide bonds. The average Bonchev–Trinajstić information content (AvgIpc) is 3.14. The van der Waals surface area contributed by atoms with E-state index in [1.807, 2.05) is 6.07 Å². The number of hydrogen-bond donors (Lipinski definition) is 0. The summed E-state index contributed by atoms with van der Waals surface area (Å²) in [7, 11) is 0. The highest BCUT2D eigenvalue weighted by molar-refractivity contribution is 5.80. The van der Waals surface area contributed by atoms with Crippen LogP contribution in [0, 0.1) is 5.92 Å².